The summed E-state index contributed by atoms with van der Waals surface area (Å²) >= 11 is 0. The number of nitrogens with two attached hydrogens (primary N) is 1. The van der Waals surface area contributed by atoms with Crippen molar-refractivity contribution in [2.24, 2.45) is 5.73 Å². The van der Waals surface area contributed by atoms with Crippen LogP contribution in [0.4, 0.5) is 0 Å². The summed E-state index contributed by atoms with van der Waals surface area (Å²) in [5, 5.41) is 0. The van der Waals surface area contributed by atoms with Crippen LogP contribution in [0.15, 0.2) is 24.3 Å². The number of carbonyl (C=O) groups is 1. The molecule has 0 fully saturated rings. The number of rotatable bonds is 41. The quantitative estimate of drug-likeness (QED) is 0.0275. The molecule has 0 spiro atoms. The molecule has 0 saturated heterocycles. The molecule has 0 radical (unpaired) electrons. The average Bonchev–Trinajstić information content (AvgIpc) is 3.12. The molecule has 0 aromatic heterocycles. The van der Waals surface area contributed by atoms with Crippen LogP contribution in [0.25, 0.3) is 0 Å². The van der Waals surface area contributed by atoms with E-state index in [0.29, 0.717) is 13.0 Å². The number of esters is 1. The zero-order chi connectivity index (χ0) is 37.4. The summed E-state index contributed by atoms with van der Waals surface area (Å²) in [7, 11) is -4.27. The zero-order valence-electron chi connectivity index (χ0n) is 33.3. The van der Waals surface area contributed by atoms with E-state index in [1.165, 1.54) is 116 Å². The van der Waals surface area contributed by atoms with Crippen LogP contribution in [0, 0.1) is 0 Å². The number of hydrogen-bond donors (Lipinski definition) is 2. The first-order valence-electron chi connectivity index (χ1n) is 21.3. The Bertz CT molecular complexity index is 838. The minimum absolute atomic E-state index is 0.0964. The first-order chi connectivity index (χ1) is 24.9. The van der Waals surface area contributed by atoms with Gasteiger partial charge >= 0.3 is 13.8 Å². The third-order valence-electron chi connectivity index (χ3n) is 9.10. The van der Waals surface area contributed by atoms with Crippen molar-refractivity contribution >= 4 is 13.8 Å². The largest absolute Gasteiger partial charge is 0.472 e. The third-order valence-corrected chi connectivity index (χ3v) is 10.1. The Morgan fingerprint density at radius 2 is 1.08 bits per heavy atom. The van der Waals surface area contributed by atoms with Gasteiger partial charge in [0.25, 0.3) is 0 Å². The van der Waals surface area contributed by atoms with Gasteiger partial charge in [-0.2, -0.15) is 0 Å². The maximum absolute atomic E-state index is 12.5. The van der Waals surface area contributed by atoms with Crippen LogP contribution in [0.5, 0.6) is 0 Å². The van der Waals surface area contributed by atoms with Crippen molar-refractivity contribution in [1.82, 2.24) is 0 Å². The normalized spacial score (nSPS) is 13.7. The summed E-state index contributed by atoms with van der Waals surface area (Å²) in [5.41, 5.74) is 5.36. The minimum atomic E-state index is -4.27. The van der Waals surface area contributed by atoms with Gasteiger partial charge in [0.05, 0.1) is 19.8 Å². The van der Waals surface area contributed by atoms with Crippen molar-refractivity contribution in [2.75, 3.05) is 33.0 Å². The zero-order valence-corrected chi connectivity index (χ0v) is 34.2. The summed E-state index contributed by atoms with van der Waals surface area (Å²) in [5.74, 6) is -0.342. The maximum Gasteiger partial charge on any atom is 0.472 e. The molecule has 2 unspecified atom stereocenters. The Hall–Kier alpha value is -1.02. The molecule has 8 nitrogen and oxygen atoms in total. The van der Waals surface area contributed by atoms with Gasteiger partial charge in [-0.3, -0.25) is 13.8 Å². The van der Waals surface area contributed by atoms with Crippen molar-refractivity contribution in [3.8, 4) is 0 Å². The van der Waals surface area contributed by atoms with E-state index < -0.39 is 13.9 Å². The van der Waals surface area contributed by atoms with Gasteiger partial charge in [0, 0.05) is 19.6 Å². The molecule has 0 aliphatic carbocycles. The number of phosphoric ester groups is 1. The predicted octanol–water partition coefficient (Wildman–Crippen LogP) is 12.5. The SMILES string of the molecule is CCC/C=C\C/C=C\CCCCCCCC(=O)OC(COCCCCCCCCCCCCCCCCCCCCC)COP(=O)(O)OCCN. The monoisotopic (exact) mass is 744 g/mol. The highest BCUT2D eigenvalue weighted by Gasteiger charge is 2.25. The lowest BCUT2D eigenvalue weighted by molar-refractivity contribution is -0.154. The molecule has 0 rings (SSSR count). The number of hydrogen-bond acceptors (Lipinski definition) is 7. The molecular weight excluding hydrogens is 661 g/mol. The summed E-state index contributed by atoms with van der Waals surface area (Å²) in [6.45, 7) is 4.87. The Labute approximate surface area is 315 Å². The molecular formula is C42H82NO7P. The molecule has 9 heteroatoms. The summed E-state index contributed by atoms with van der Waals surface area (Å²) in [6, 6.07) is 0. The van der Waals surface area contributed by atoms with Gasteiger partial charge in [0.2, 0.25) is 0 Å². The first kappa shape index (κ1) is 50.0. The van der Waals surface area contributed by atoms with Crippen LogP contribution >= 0.6 is 7.82 Å². The Balaban J connectivity index is 3.98. The van der Waals surface area contributed by atoms with Gasteiger partial charge in [0.1, 0.15) is 6.10 Å². The topological polar surface area (TPSA) is 117 Å². The third kappa shape index (κ3) is 40.0. The van der Waals surface area contributed by atoms with E-state index in [-0.39, 0.29) is 32.3 Å². The van der Waals surface area contributed by atoms with Crippen LogP contribution in [-0.4, -0.2) is 49.9 Å². The van der Waals surface area contributed by atoms with E-state index in [9.17, 15) is 14.3 Å². The van der Waals surface area contributed by atoms with Crippen LogP contribution in [-0.2, 0) is 27.9 Å². The fraction of sp³-hybridized carbons (Fsp3) is 0.881. The van der Waals surface area contributed by atoms with E-state index in [1.807, 2.05) is 0 Å². The predicted molar refractivity (Wildman–Crippen MR) is 215 cm³/mol. The van der Waals surface area contributed by atoms with Crippen molar-refractivity contribution in [2.45, 2.75) is 206 Å². The van der Waals surface area contributed by atoms with Crippen LogP contribution in [0.1, 0.15) is 200 Å². The molecule has 0 bridgehead atoms. The van der Waals surface area contributed by atoms with Crippen LogP contribution < -0.4 is 5.73 Å². The fourth-order valence-corrected chi connectivity index (χ4v) is 6.74. The molecule has 0 amide bonds. The van der Waals surface area contributed by atoms with E-state index >= 15 is 0 Å². The number of allylic oxidation sites excluding steroid dienone is 4. The summed E-state index contributed by atoms with van der Waals surface area (Å²) in [4.78, 5) is 22.4. The maximum atomic E-state index is 12.5. The molecule has 2 atom stereocenters. The fourth-order valence-electron chi connectivity index (χ4n) is 5.98. The van der Waals surface area contributed by atoms with Crippen molar-refractivity contribution in [1.29, 1.82) is 0 Å². The highest BCUT2D eigenvalue weighted by atomic mass is 31.2. The van der Waals surface area contributed by atoms with E-state index in [4.69, 9.17) is 24.3 Å². The smallest absolute Gasteiger partial charge is 0.457 e. The number of ether oxygens (including phenoxy) is 2. The molecule has 0 aromatic carbocycles. The van der Waals surface area contributed by atoms with Gasteiger partial charge in [0.15, 0.2) is 0 Å². The lowest BCUT2D eigenvalue weighted by atomic mass is 10.0. The molecule has 0 saturated carbocycles. The molecule has 0 aliphatic rings. The van der Waals surface area contributed by atoms with Crippen molar-refractivity contribution < 1.29 is 32.8 Å². The number of unbranched alkanes of at least 4 members (excludes halogenated alkanes) is 24. The second-order valence-electron chi connectivity index (χ2n) is 14.2. The molecule has 0 heterocycles. The average molecular weight is 744 g/mol. The summed E-state index contributed by atoms with van der Waals surface area (Å²) in [6.07, 6.45) is 43.4. The molecule has 0 aliphatic heterocycles. The van der Waals surface area contributed by atoms with Gasteiger partial charge in [-0.05, 0) is 38.5 Å². The Morgan fingerprint density at radius 3 is 1.61 bits per heavy atom. The van der Waals surface area contributed by atoms with Gasteiger partial charge < -0.3 is 20.1 Å². The highest BCUT2D eigenvalue weighted by molar-refractivity contribution is 7.47. The van der Waals surface area contributed by atoms with E-state index in [1.54, 1.807) is 0 Å². The molecule has 302 valence electrons. The van der Waals surface area contributed by atoms with Crippen molar-refractivity contribution in [3.05, 3.63) is 24.3 Å². The summed E-state index contributed by atoms with van der Waals surface area (Å²) < 4.78 is 33.4. The first-order valence-corrected chi connectivity index (χ1v) is 22.8. The standard InChI is InChI=1S/C42H82NO7P/c1-3-5-7-9-11-13-15-17-18-19-20-21-22-24-26-28-30-32-34-37-47-39-41(40-49-51(45,46)48-38-36-43)50-42(44)35-33-31-29-27-25-23-16-14-12-10-8-6-4-2/h8,10,14,16,41H,3-7,9,11-13,15,17-40,43H2,1-2H3,(H,45,46)/b10-8-,16-14-. The minimum Gasteiger partial charge on any atom is -0.457 e. The molecule has 0 aromatic rings. The van der Waals surface area contributed by atoms with Gasteiger partial charge in [-0.15, -0.1) is 0 Å². The lowest BCUT2D eigenvalue weighted by Gasteiger charge is -2.20. The Kier molecular flexibility index (Phi) is 39.4. The highest BCUT2D eigenvalue weighted by Crippen LogP contribution is 2.43. The van der Waals surface area contributed by atoms with Crippen LogP contribution in [0.2, 0.25) is 0 Å². The number of phosphoric acid groups is 1. The molecule has 51 heavy (non-hydrogen) atoms. The molecule has 3 N–H and O–H groups in total. The van der Waals surface area contributed by atoms with Crippen molar-refractivity contribution in [3.63, 3.8) is 0 Å². The lowest BCUT2D eigenvalue weighted by Crippen LogP contribution is -2.28. The number of carbonyl (C=O) groups excluding carboxylic acids is 1. The van der Waals surface area contributed by atoms with Crippen LogP contribution in [0.3, 0.4) is 0 Å². The Morgan fingerprint density at radius 1 is 0.588 bits per heavy atom. The van der Waals surface area contributed by atoms with Gasteiger partial charge in [-0.1, -0.05) is 179 Å². The van der Waals surface area contributed by atoms with E-state index in [2.05, 4.69) is 38.2 Å². The van der Waals surface area contributed by atoms with E-state index in [0.717, 1.165) is 64.2 Å². The van der Waals surface area contributed by atoms with Gasteiger partial charge in [-0.25, -0.2) is 4.57 Å². The second-order valence-corrected chi connectivity index (χ2v) is 15.7. The second kappa shape index (κ2) is 40.2.